The molecule has 1 aromatic carbocycles. The van der Waals surface area contributed by atoms with Crippen LogP contribution in [0.4, 0.5) is 10.2 Å². The van der Waals surface area contributed by atoms with Gasteiger partial charge in [0.25, 0.3) is 0 Å². The average molecular weight is 357 g/mol. The van der Waals surface area contributed by atoms with Crippen LogP contribution < -0.4 is 4.90 Å². The van der Waals surface area contributed by atoms with Crippen LogP contribution >= 0.6 is 11.6 Å². The van der Waals surface area contributed by atoms with Crippen molar-refractivity contribution in [3.05, 3.63) is 72.4 Å². The Balaban J connectivity index is 2.41. The maximum absolute atomic E-state index is 14.7. The summed E-state index contributed by atoms with van der Waals surface area (Å²) in [5.41, 5.74) is 1.62. The molecule has 4 nitrogen and oxygen atoms in total. The lowest BCUT2D eigenvalue weighted by Gasteiger charge is -2.27. The highest BCUT2D eigenvalue weighted by molar-refractivity contribution is 6.33. The summed E-state index contributed by atoms with van der Waals surface area (Å²) in [5.74, 6) is 0.906. The van der Waals surface area contributed by atoms with E-state index in [4.69, 9.17) is 11.6 Å². The van der Waals surface area contributed by atoms with E-state index in [1.807, 2.05) is 16.2 Å². The second kappa shape index (κ2) is 7.07. The third kappa shape index (κ3) is 3.03. The van der Waals surface area contributed by atoms with Gasteiger partial charge in [-0.05, 0) is 19.1 Å². The minimum absolute atomic E-state index is 0.331. The van der Waals surface area contributed by atoms with E-state index in [0.717, 1.165) is 5.82 Å². The molecule has 0 saturated carbocycles. The van der Waals surface area contributed by atoms with Gasteiger partial charge in [-0.15, -0.1) is 13.2 Å². The minimum atomic E-state index is -0.393. The molecule has 0 amide bonds. The molecule has 2 heterocycles. The summed E-state index contributed by atoms with van der Waals surface area (Å²) in [4.78, 5) is 10.8. The number of imidazole rings is 1. The molecule has 6 heteroatoms. The number of hydrogen-bond acceptors (Lipinski definition) is 3. The third-order valence-corrected chi connectivity index (χ3v) is 4.23. The highest BCUT2D eigenvalue weighted by Crippen LogP contribution is 2.39. The van der Waals surface area contributed by atoms with Gasteiger partial charge in [-0.2, -0.15) is 0 Å². The molecule has 0 atom stereocenters. The maximum atomic E-state index is 14.7. The van der Waals surface area contributed by atoms with E-state index in [0.29, 0.717) is 40.7 Å². The summed E-state index contributed by atoms with van der Waals surface area (Å²) < 4.78 is 16.5. The van der Waals surface area contributed by atoms with Crippen molar-refractivity contribution in [2.24, 2.45) is 0 Å². The third-order valence-electron chi connectivity index (χ3n) is 3.91. The second-order valence-electron chi connectivity index (χ2n) is 5.57. The van der Waals surface area contributed by atoms with Crippen molar-refractivity contribution in [3.8, 4) is 11.1 Å². The van der Waals surface area contributed by atoms with E-state index in [-0.39, 0.29) is 0 Å². The number of anilines is 1. The van der Waals surface area contributed by atoms with Crippen molar-refractivity contribution in [3.63, 3.8) is 0 Å². The smallest absolute Gasteiger partial charge is 0.235 e. The van der Waals surface area contributed by atoms with Crippen LogP contribution in [-0.2, 0) is 0 Å². The van der Waals surface area contributed by atoms with Crippen LogP contribution in [0, 0.1) is 12.7 Å². The minimum Gasteiger partial charge on any atom is -0.350 e. The van der Waals surface area contributed by atoms with Crippen molar-refractivity contribution in [2.45, 2.75) is 6.92 Å². The number of rotatable bonds is 6. The Kier molecular flexibility index (Phi) is 4.86. The number of hydrogen-bond donors (Lipinski definition) is 0. The van der Waals surface area contributed by atoms with Gasteiger partial charge in [0, 0.05) is 36.6 Å². The Morgan fingerprint density at radius 1 is 1.24 bits per heavy atom. The molecule has 128 valence electrons. The molecule has 0 aliphatic carbocycles. The first-order valence-corrected chi connectivity index (χ1v) is 8.21. The van der Waals surface area contributed by atoms with Crippen LogP contribution in [0.1, 0.15) is 5.69 Å². The molecule has 0 aliphatic rings. The Morgan fingerprint density at radius 2 is 1.96 bits per heavy atom. The zero-order valence-corrected chi connectivity index (χ0v) is 14.7. The van der Waals surface area contributed by atoms with E-state index < -0.39 is 5.82 Å². The fraction of sp³-hybridized carbons (Fsp3) is 0.158. The van der Waals surface area contributed by atoms with E-state index >= 15 is 0 Å². The topological polar surface area (TPSA) is 33.4 Å². The fourth-order valence-corrected chi connectivity index (χ4v) is 3.19. The Hall–Kier alpha value is -2.66. The molecule has 0 radical (unpaired) electrons. The van der Waals surface area contributed by atoms with Crippen LogP contribution in [0.25, 0.3) is 16.9 Å². The van der Waals surface area contributed by atoms with E-state index in [9.17, 15) is 4.39 Å². The van der Waals surface area contributed by atoms with Crippen molar-refractivity contribution in [1.29, 1.82) is 0 Å². The molecule has 0 N–H and O–H groups in total. The summed E-state index contributed by atoms with van der Waals surface area (Å²) in [7, 11) is 0. The van der Waals surface area contributed by atoms with Gasteiger partial charge in [0.1, 0.15) is 11.6 Å². The molecule has 3 rings (SSSR count). The Morgan fingerprint density at radius 3 is 2.60 bits per heavy atom. The standard InChI is InChI=1S/C19H18ClFN4/c1-4-10-24(11-5-2)18-16(17-14(20)7-6-8-15(17)21)13(3)23-19-22-9-12-25(18)19/h4-9,12H,1-2,10-11H2,3H3. The first-order valence-electron chi connectivity index (χ1n) is 7.83. The summed E-state index contributed by atoms with van der Waals surface area (Å²) in [5, 5.41) is 0.336. The molecular weight excluding hydrogens is 339 g/mol. The van der Waals surface area contributed by atoms with E-state index in [1.165, 1.54) is 6.07 Å². The van der Waals surface area contributed by atoms with Crippen LogP contribution in [-0.4, -0.2) is 27.5 Å². The fourth-order valence-electron chi connectivity index (χ4n) is 2.93. The molecule has 3 aromatic rings. The number of halogens is 2. The predicted octanol–water partition coefficient (Wildman–Crippen LogP) is 4.68. The monoisotopic (exact) mass is 356 g/mol. The molecule has 0 unspecified atom stereocenters. The van der Waals surface area contributed by atoms with Gasteiger partial charge in [0.05, 0.1) is 10.7 Å². The van der Waals surface area contributed by atoms with Gasteiger partial charge >= 0.3 is 0 Å². The molecule has 0 bridgehead atoms. The summed E-state index contributed by atoms with van der Waals surface area (Å²) in [6.07, 6.45) is 7.04. The quantitative estimate of drug-likeness (QED) is 0.601. The largest absolute Gasteiger partial charge is 0.350 e. The number of fused-ring (bicyclic) bond motifs is 1. The molecule has 2 aromatic heterocycles. The molecule has 0 aliphatic heterocycles. The molecule has 0 saturated heterocycles. The van der Waals surface area contributed by atoms with Crippen LogP contribution in [0.3, 0.4) is 0 Å². The number of aromatic nitrogens is 3. The van der Waals surface area contributed by atoms with Gasteiger partial charge in [0.2, 0.25) is 5.78 Å². The van der Waals surface area contributed by atoms with Gasteiger partial charge in [-0.1, -0.05) is 29.8 Å². The lowest BCUT2D eigenvalue weighted by atomic mass is 10.0. The van der Waals surface area contributed by atoms with Crippen LogP contribution in [0.15, 0.2) is 55.9 Å². The second-order valence-corrected chi connectivity index (χ2v) is 5.98. The van der Waals surface area contributed by atoms with Crippen molar-refractivity contribution in [2.75, 3.05) is 18.0 Å². The lowest BCUT2D eigenvalue weighted by Crippen LogP contribution is -2.27. The number of benzene rings is 1. The van der Waals surface area contributed by atoms with Gasteiger partial charge in [-0.25, -0.2) is 14.4 Å². The zero-order chi connectivity index (χ0) is 18.0. The van der Waals surface area contributed by atoms with Gasteiger partial charge < -0.3 is 4.90 Å². The van der Waals surface area contributed by atoms with Crippen molar-refractivity contribution >= 4 is 23.2 Å². The highest BCUT2D eigenvalue weighted by atomic mass is 35.5. The number of nitrogens with zero attached hydrogens (tertiary/aromatic N) is 4. The molecule has 0 fully saturated rings. The first-order chi connectivity index (χ1) is 12.1. The van der Waals surface area contributed by atoms with Crippen LogP contribution in [0.5, 0.6) is 0 Å². The highest BCUT2D eigenvalue weighted by Gasteiger charge is 2.23. The molecule has 0 spiro atoms. The Labute approximate surface area is 150 Å². The summed E-state index contributed by atoms with van der Waals surface area (Å²) >= 11 is 6.34. The van der Waals surface area contributed by atoms with E-state index in [2.05, 4.69) is 23.1 Å². The summed E-state index contributed by atoms with van der Waals surface area (Å²) in [6.45, 7) is 10.6. The maximum Gasteiger partial charge on any atom is 0.235 e. The van der Waals surface area contributed by atoms with Gasteiger partial charge in [-0.3, -0.25) is 4.40 Å². The first kappa shape index (κ1) is 17.2. The lowest BCUT2D eigenvalue weighted by molar-refractivity contribution is 0.631. The normalized spacial score (nSPS) is 10.8. The predicted molar refractivity (Wildman–Crippen MR) is 101 cm³/mol. The SMILES string of the molecule is C=CCN(CC=C)c1c(-c2c(F)cccc2Cl)c(C)nc2nccn12. The molecule has 25 heavy (non-hydrogen) atoms. The Bertz CT molecular complexity index is 918. The number of aryl methyl sites for hydroxylation is 1. The summed E-state index contributed by atoms with van der Waals surface area (Å²) in [6, 6.07) is 4.66. The van der Waals surface area contributed by atoms with Gasteiger partial charge in [0.15, 0.2) is 0 Å². The molecular formula is C19H18ClFN4. The zero-order valence-electron chi connectivity index (χ0n) is 13.9. The van der Waals surface area contributed by atoms with Crippen molar-refractivity contribution in [1.82, 2.24) is 14.4 Å². The average Bonchev–Trinajstić information content (AvgIpc) is 3.02. The van der Waals surface area contributed by atoms with Crippen molar-refractivity contribution < 1.29 is 4.39 Å². The van der Waals surface area contributed by atoms with E-state index in [1.54, 1.807) is 36.7 Å². The van der Waals surface area contributed by atoms with Crippen LogP contribution in [0.2, 0.25) is 5.02 Å².